The van der Waals surface area contributed by atoms with E-state index in [0.29, 0.717) is 28.4 Å². The van der Waals surface area contributed by atoms with Crippen LogP contribution in [0.15, 0.2) is 65.2 Å². The number of carbonyl (C=O) groups is 1. The molecule has 174 valence electrons. The molecule has 4 aromatic rings. The van der Waals surface area contributed by atoms with Gasteiger partial charge in [0.2, 0.25) is 5.89 Å². The highest BCUT2D eigenvalue weighted by Gasteiger charge is 2.16. The van der Waals surface area contributed by atoms with Crippen molar-refractivity contribution in [2.75, 3.05) is 50.5 Å². The summed E-state index contributed by atoms with van der Waals surface area (Å²) in [5.74, 6) is 0.328. The van der Waals surface area contributed by atoms with Crippen molar-refractivity contribution in [3.63, 3.8) is 0 Å². The molecule has 2 N–H and O–H groups in total. The van der Waals surface area contributed by atoms with Crippen molar-refractivity contribution in [2.45, 2.75) is 6.54 Å². The fourth-order valence-electron chi connectivity index (χ4n) is 4.13. The van der Waals surface area contributed by atoms with Crippen molar-refractivity contribution < 1.29 is 9.21 Å². The number of nitrogens with zero attached hydrogens (tertiary/aromatic N) is 4. The zero-order valence-electron chi connectivity index (χ0n) is 19.4. The van der Waals surface area contributed by atoms with Gasteiger partial charge in [0.15, 0.2) is 11.2 Å². The van der Waals surface area contributed by atoms with E-state index in [4.69, 9.17) is 4.42 Å². The SMILES string of the molecule is CN(C)c1cccc(C(=O)Nc2cc(CN3CCNCC3)cc(-c3nc4ncccc4o3)c2)c1. The fraction of sp³-hybridized carbons (Fsp3) is 0.269. The number of rotatable bonds is 6. The van der Waals surface area contributed by atoms with Gasteiger partial charge in [0.1, 0.15) is 0 Å². The molecule has 8 heteroatoms. The summed E-state index contributed by atoms with van der Waals surface area (Å²) >= 11 is 0. The average molecular weight is 457 g/mol. The standard InChI is InChI=1S/C26H28N6O2/c1-31(2)22-6-3-5-19(16-22)25(33)29-21-14-18(17-32-11-9-27-10-12-32)13-20(15-21)26-30-24-23(34-26)7-4-8-28-24/h3-8,13-16,27H,9-12,17H2,1-2H3,(H,29,33). The molecule has 0 unspecified atom stereocenters. The number of nitrogens with one attached hydrogen (secondary N) is 2. The fourth-order valence-corrected chi connectivity index (χ4v) is 4.13. The molecule has 1 aliphatic heterocycles. The highest BCUT2D eigenvalue weighted by molar-refractivity contribution is 6.05. The summed E-state index contributed by atoms with van der Waals surface area (Å²) in [6.07, 6.45) is 1.70. The first-order valence-corrected chi connectivity index (χ1v) is 11.4. The van der Waals surface area contributed by atoms with Gasteiger partial charge in [0.25, 0.3) is 5.91 Å². The molecule has 34 heavy (non-hydrogen) atoms. The summed E-state index contributed by atoms with van der Waals surface area (Å²) in [5, 5.41) is 6.46. The van der Waals surface area contributed by atoms with Gasteiger partial charge in [-0.1, -0.05) is 6.07 Å². The highest BCUT2D eigenvalue weighted by atomic mass is 16.3. The first-order chi connectivity index (χ1) is 16.5. The molecule has 1 amide bonds. The van der Waals surface area contributed by atoms with Crippen LogP contribution in [0.5, 0.6) is 0 Å². The molecule has 0 radical (unpaired) electrons. The Labute approximate surface area is 198 Å². The number of amides is 1. The lowest BCUT2D eigenvalue weighted by Gasteiger charge is -2.27. The van der Waals surface area contributed by atoms with Crippen LogP contribution in [-0.4, -0.2) is 61.0 Å². The number of fused-ring (bicyclic) bond motifs is 1. The van der Waals surface area contributed by atoms with Crippen molar-refractivity contribution in [1.29, 1.82) is 0 Å². The van der Waals surface area contributed by atoms with E-state index >= 15 is 0 Å². The maximum atomic E-state index is 13.1. The van der Waals surface area contributed by atoms with Crippen LogP contribution in [0.3, 0.4) is 0 Å². The molecular formula is C26H28N6O2. The number of hydrogen-bond donors (Lipinski definition) is 2. The zero-order chi connectivity index (χ0) is 23.5. The average Bonchev–Trinajstić information content (AvgIpc) is 3.29. The van der Waals surface area contributed by atoms with Crippen molar-refractivity contribution in [3.05, 3.63) is 71.9 Å². The van der Waals surface area contributed by atoms with E-state index < -0.39 is 0 Å². The van der Waals surface area contributed by atoms with Crippen LogP contribution >= 0.6 is 0 Å². The number of pyridine rings is 1. The summed E-state index contributed by atoms with van der Waals surface area (Å²) in [7, 11) is 3.91. The normalized spacial score (nSPS) is 14.3. The van der Waals surface area contributed by atoms with Gasteiger partial charge in [-0.15, -0.1) is 0 Å². The third kappa shape index (κ3) is 4.93. The minimum atomic E-state index is -0.159. The molecule has 1 saturated heterocycles. The van der Waals surface area contributed by atoms with E-state index in [1.54, 1.807) is 6.20 Å². The van der Waals surface area contributed by atoms with Crippen LogP contribution in [0, 0.1) is 0 Å². The van der Waals surface area contributed by atoms with Crippen molar-refractivity contribution in [3.8, 4) is 11.5 Å². The maximum Gasteiger partial charge on any atom is 0.255 e. The van der Waals surface area contributed by atoms with Crippen LogP contribution in [0.4, 0.5) is 11.4 Å². The van der Waals surface area contributed by atoms with Gasteiger partial charge in [-0.3, -0.25) is 9.69 Å². The van der Waals surface area contributed by atoms with Crippen molar-refractivity contribution >= 4 is 28.5 Å². The van der Waals surface area contributed by atoms with Crippen LogP contribution < -0.4 is 15.5 Å². The second-order valence-electron chi connectivity index (χ2n) is 8.69. The monoisotopic (exact) mass is 456 g/mol. The topological polar surface area (TPSA) is 86.5 Å². The van der Waals surface area contributed by atoms with Crippen LogP contribution in [0.2, 0.25) is 0 Å². The third-order valence-electron chi connectivity index (χ3n) is 5.90. The van der Waals surface area contributed by atoms with Gasteiger partial charge in [0, 0.05) is 75.5 Å². The predicted molar refractivity (Wildman–Crippen MR) is 134 cm³/mol. The lowest BCUT2D eigenvalue weighted by atomic mass is 10.1. The van der Waals surface area contributed by atoms with Gasteiger partial charge < -0.3 is 20.0 Å². The van der Waals surface area contributed by atoms with Crippen LogP contribution in [0.1, 0.15) is 15.9 Å². The molecule has 0 saturated carbocycles. The lowest BCUT2D eigenvalue weighted by Crippen LogP contribution is -2.42. The third-order valence-corrected chi connectivity index (χ3v) is 5.90. The first-order valence-electron chi connectivity index (χ1n) is 11.4. The summed E-state index contributed by atoms with van der Waals surface area (Å²) in [5.41, 5.74) is 5.38. The number of hydrogen-bond acceptors (Lipinski definition) is 7. The minimum Gasteiger partial charge on any atom is -0.434 e. The molecule has 1 aliphatic rings. The van der Waals surface area contributed by atoms with Crippen molar-refractivity contribution in [1.82, 2.24) is 20.2 Å². The van der Waals surface area contributed by atoms with E-state index in [9.17, 15) is 4.79 Å². The molecule has 0 bridgehead atoms. The van der Waals surface area contributed by atoms with E-state index in [1.807, 2.05) is 67.5 Å². The molecule has 3 heterocycles. The van der Waals surface area contributed by atoms with Gasteiger partial charge in [0.05, 0.1) is 0 Å². The molecule has 2 aromatic heterocycles. The maximum absolute atomic E-state index is 13.1. The van der Waals surface area contributed by atoms with E-state index in [2.05, 4.69) is 31.6 Å². The Morgan fingerprint density at radius 3 is 2.76 bits per heavy atom. The quantitative estimate of drug-likeness (QED) is 0.458. The summed E-state index contributed by atoms with van der Waals surface area (Å²) < 4.78 is 5.97. The smallest absolute Gasteiger partial charge is 0.255 e. The Kier molecular flexibility index (Phi) is 6.24. The van der Waals surface area contributed by atoms with E-state index in [-0.39, 0.29) is 5.91 Å². The number of benzene rings is 2. The molecule has 2 aromatic carbocycles. The van der Waals surface area contributed by atoms with Gasteiger partial charge in [-0.2, -0.15) is 4.98 Å². The molecular weight excluding hydrogens is 428 g/mol. The molecule has 8 nitrogen and oxygen atoms in total. The number of anilines is 2. The molecule has 5 rings (SSSR count). The molecule has 0 aliphatic carbocycles. The van der Waals surface area contributed by atoms with Gasteiger partial charge in [-0.05, 0) is 54.1 Å². The Morgan fingerprint density at radius 2 is 1.97 bits per heavy atom. The molecule has 0 atom stereocenters. The summed E-state index contributed by atoms with van der Waals surface area (Å²) in [6, 6.07) is 17.3. The highest BCUT2D eigenvalue weighted by Crippen LogP contribution is 2.28. The summed E-state index contributed by atoms with van der Waals surface area (Å²) in [4.78, 5) is 26.3. The first kappa shape index (κ1) is 22.1. The second kappa shape index (κ2) is 9.62. The lowest BCUT2D eigenvalue weighted by molar-refractivity contribution is 0.102. The minimum absolute atomic E-state index is 0.159. The Morgan fingerprint density at radius 1 is 1.12 bits per heavy atom. The second-order valence-corrected chi connectivity index (χ2v) is 8.69. The van der Waals surface area contributed by atoms with Crippen LogP contribution in [0.25, 0.3) is 22.7 Å². The van der Waals surface area contributed by atoms with E-state index in [0.717, 1.165) is 49.5 Å². The largest absolute Gasteiger partial charge is 0.434 e. The zero-order valence-corrected chi connectivity index (χ0v) is 19.4. The number of oxazole rings is 1. The van der Waals surface area contributed by atoms with Crippen molar-refractivity contribution in [2.24, 2.45) is 0 Å². The predicted octanol–water partition coefficient (Wildman–Crippen LogP) is 3.61. The Balaban J connectivity index is 1.47. The Bertz CT molecular complexity index is 1280. The van der Waals surface area contributed by atoms with Crippen LogP contribution in [-0.2, 0) is 6.54 Å². The van der Waals surface area contributed by atoms with Gasteiger partial charge in [-0.25, -0.2) is 4.98 Å². The molecule has 0 spiro atoms. The number of piperazine rings is 1. The number of aromatic nitrogens is 2. The van der Waals surface area contributed by atoms with Gasteiger partial charge >= 0.3 is 0 Å². The summed E-state index contributed by atoms with van der Waals surface area (Å²) in [6.45, 7) is 4.70. The Hall–Kier alpha value is -3.75. The van der Waals surface area contributed by atoms with E-state index in [1.165, 1.54) is 0 Å². The molecule has 1 fully saturated rings. The number of carbonyl (C=O) groups excluding carboxylic acids is 1.